The monoisotopic (exact) mass is 711 g/mol. The first-order valence-electron chi connectivity index (χ1n) is 17.6. The van der Waals surface area contributed by atoms with Crippen molar-refractivity contribution in [1.29, 1.82) is 0 Å². The Morgan fingerprint density at radius 3 is 2.14 bits per heavy atom. The molecule has 9 nitrogen and oxygen atoms in total. The van der Waals surface area contributed by atoms with Crippen LogP contribution in [-0.4, -0.2) is 72.9 Å². The van der Waals surface area contributed by atoms with E-state index in [2.05, 4.69) is 45.0 Å². The highest BCUT2D eigenvalue weighted by Crippen LogP contribution is 2.47. The maximum atomic E-state index is 13.7. The first kappa shape index (κ1) is 37.9. The summed E-state index contributed by atoms with van der Waals surface area (Å²) in [4.78, 5) is 40.5. The number of methoxy groups -OCH3 is 1. The number of nitrogens with zero attached hydrogens (tertiary/aromatic N) is 1. The molecular formula is C41H49NO8Si. The largest absolute Gasteiger partial charge is 0.508 e. The molecule has 0 radical (unpaired) electrons. The highest BCUT2D eigenvalue weighted by atomic mass is 28.4. The minimum Gasteiger partial charge on any atom is -0.508 e. The number of carbonyl (C=O) groups excluding carboxylic acids is 3. The van der Waals surface area contributed by atoms with Crippen molar-refractivity contribution in [2.45, 2.75) is 64.5 Å². The van der Waals surface area contributed by atoms with E-state index in [1.807, 2.05) is 55.5 Å². The minimum atomic E-state index is -3.07. The van der Waals surface area contributed by atoms with Crippen molar-refractivity contribution in [2.24, 2.45) is 17.8 Å². The molecule has 10 heteroatoms. The average molecular weight is 712 g/mol. The summed E-state index contributed by atoms with van der Waals surface area (Å²) in [5.74, 6) is -4.10. The zero-order valence-corrected chi connectivity index (χ0v) is 31.0. The molecule has 270 valence electrons. The van der Waals surface area contributed by atoms with Crippen molar-refractivity contribution < 1.29 is 38.9 Å². The Labute approximate surface area is 301 Å². The molecule has 4 atom stereocenters. The maximum absolute atomic E-state index is 13.7. The van der Waals surface area contributed by atoms with E-state index < -0.39 is 56.7 Å². The number of carbonyl (C=O) groups is 3. The Bertz CT molecular complexity index is 1740. The van der Waals surface area contributed by atoms with Crippen molar-refractivity contribution in [3.8, 4) is 5.75 Å². The molecule has 0 bridgehead atoms. The molecule has 0 unspecified atom stereocenters. The van der Waals surface area contributed by atoms with Crippen LogP contribution in [0, 0.1) is 17.8 Å². The van der Waals surface area contributed by atoms with Gasteiger partial charge in [-0.3, -0.25) is 9.59 Å². The van der Waals surface area contributed by atoms with Crippen molar-refractivity contribution in [2.75, 3.05) is 20.3 Å². The van der Waals surface area contributed by atoms with E-state index in [1.54, 1.807) is 18.2 Å². The number of ether oxygens (including phenoxy) is 1. The van der Waals surface area contributed by atoms with Crippen molar-refractivity contribution in [3.05, 3.63) is 107 Å². The quantitative estimate of drug-likeness (QED) is 0.126. The van der Waals surface area contributed by atoms with Gasteiger partial charge >= 0.3 is 6.09 Å². The van der Waals surface area contributed by atoms with Gasteiger partial charge in [-0.2, -0.15) is 4.90 Å². The van der Waals surface area contributed by atoms with Gasteiger partial charge in [-0.25, -0.2) is 4.79 Å². The third-order valence-electron chi connectivity index (χ3n) is 10.4. The highest BCUT2D eigenvalue weighted by molar-refractivity contribution is 6.99. The van der Waals surface area contributed by atoms with Crippen LogP contribution in [0.15, 0.2) is 102 Å². The molecule has 5 rings (SSSR count). The Morgan fingerprint density at radius 1 is 0.980 bits per heavy atom. The van der Waals surface area contributed by atoms with Crippen LogP contribution in [-0.2, 0) is 18.8 Å². The number of likely N-dealkylation sites (tertiary alicyclic amines) is 1. The van der Waals surface area contributed by atoms with Crippen LogP contribution in [0.4, 0.5) is 4.79 Å². The molecule has 1 aliphatic heterocycles. The molecule has 0 spiro atoms. The second-order valence-corrected chi connectivity index (χ2v) is 18.7. The molecule has 1 aliphatic carbocycles. The normalized spacial score (nSPS) is 20.4. The van der Waals surface area contributed by atoms with Gasteiger partial charge in [0.2, 0.25) is 11.8 Å². The third-order valence-corrected chi connectivity index (χ3v) is 15.4. The standard InChI is InChI=1S/C41H49NO8Si/c1-6-27(22-28-14-13-15-30(44)23-28)20-21-35(45)36-29(24-33-37(34(36)25-43)39(47)42(38(33)46)40(48)49-5)26-50-51(41(2,3)4,31-16-9-7-10-17-31)32-18-11-8-12-19-32/h7-19,22-23,33-35,37,43-45H,6,20-21,24-26H2,1-5H3/b27-22+/t33-,34+,35-,37-/m1/s1. The molecule has 3 aromatic carbocycles. The number of aromatic hydroxyl groups is 1. The van der Waals surface area contributed by atoms with E-state index >= 15 is 0 Å². The van der Waals surface area contributed by atoms with Gasteiger partial charge in [-0.05, 0) is 69.9 Å². The summed E-state index contributed by atoms with van der Waals surface area (Å²) in [6.07, 6.45) is 1.44. The summed E-state index contributed by atoms with van der Waals surface area (Å²) in [6, 6.07) is 27.2. The molecule has 1 heterocycles. The lowest BCUT2D eigenvalue weighted by molar-refractivity contribution is -0.137. The molecule has 0 saturated carbocycles. The van der Waals surface area contributed by atoms with Crippen LogP contribution >= 0.6 is 0 Å². The van der Waals surface area contributed by atoms with Gasteiger partial charge in [0.15, 0.2) is 0 Å². The molecule has 3 amide bonds. The number of phenolic OH excluding ortho intramolecular Hbond substituents is 1. The lowest BCUT2D eigenvalue weighted by Gasteiger charge is -2.44. The smallest absolute Gasteiger partial charge is 0.423 e. The summed E-state index contributed by atoms with van der Waals surface area (Å²) < 4.78 is 12.1. The fourth-order valence-electron chi connectivity index (χ4n) is 8.00. The summed E-state index contributed by atoms with van der Waals surface area (Å²) in [7, 11) is -1.95. The molecule has 1 fully saturated rings. The summed E-state index contributed by atoms with van der Waals surface area (Å²) >= 11 is 0. The Hall–Kier alpha value is -4.35. The summed E-state index contributed by atoms with van der Waals surface area (Å²) in [5.41, 5.74) is 3.02. The van der Waals surface area contributed by atoms with Gasteiger partial charge in [-0.1, -0.05) is 112 Å². The fourth-order valence-corrected chi connectivity index (χ4v) is 12.5. The van der Waals surface area contributed by atoms with E-state index in [9.17, 15) is 29.7 Å². The summed E-state index contributed by atoms with van der Waals surface area (Å²) in [6.45, 7) is 8.05. The van der Waals surface area contributed by atoms with Crippen LogP contribution < -0.4 is 10.4 Å². The Kier molecular flexibility index (Phi) is 11.8. The SMILES string of the molecule is CC/C(=C\c1cccc(O)c1)CC[C@@H](O)C1=C(CO[Si](c2ccccc2)(c2ccccc2)C(C)(C)C)C[C@H]2C(=O)N(C(=O)OC)C(=O)[C@H]2[C@H]1CO. The number of allylic oxidation sites excluding steroid dienone is 1. The van der Waals surface area contributed by atoms with E-state index in [4.69, 9.17) is 9.16 Å². The van der Waals surface area contributed by atoms with Gasteiger partial charge in [0.25, 0.3) is 8.32 Å². The second-order valence-electron chi connectivity index (χ2n) is 14.4. The van der Waals surface area contributed by atoms with Crippen molar-refractivity contribution >= 4 is 42.7 Å². The maximum Gasteiger partial charge on any atom is 0.423 e. The van der Waals surface area contributed by atoms with Gasteiger partial charge in [0.1, 0.15) is 5.75 Å². The van der Waals surface area contributed by atoms with E-state index in [1.165, 1.54) is 0 Å². The third kappa shape index (κ3) is 7.50. The topological polar surface area (TPSA) is 134 Å². The highest BCUT2D eigenvalue weighted by Gasteiger charge is 2.58. The van der Waals surface area contributed by atoms with Crippen LogP contribution in [0.5, 0.6) is 5.75 Å². The van der Waals surface area contributed by atoms with Gasteiger partial charge in [-0.15, -0.1) is 0 Å². The van der Waals surface area contributed by atoms with E-state index in [-0.39, 0.29) is 30.2 Å². The molecule has 3 N–H and O–H groups in total. The lowest BCUT2D eigenvalue weighted by Crippen LogP contribution is -2.66. The van der Waals surface area contributed by atoms with Crippen molar-refractivity contribution in [1.82, 2.24) is 4.90 Å². The van der Waals surface area contributed by atoms with Gasteiger partial charge < -0.3 is 24.5 Å². The molecule has 2 aliphatic rings. The molecule has 0 aromatic heterocycles. The number of phenols is 1. The molecule has 51 heavy (non-hydrogen) atoms. The number of amides is 3. The van der Waals surface area contributed by atoms with Crippen LogP contribution in [0.2, 0.25) is 5.04 Å². The zero-order chi connectivity index (χ0) is 36.9. The summed E-state index contributed by atoms with van der Waals surface area (Å²) in [5, 5.41) is 34.7. The fraction of sp³-hybridized carbons (Fsp3) is 0.390. The predicted molar refractivity (Wildman–Crippen MR) is 199 cm³/mol. The molecule has 1 saturated heterocycles. The number of benzene rings is 3. The van der Waals surface area contributed by atoms with E-state index in [0.717, 1.165) is 28.6 Å². The number of aliphatic hydroxyl groups excluding tert-OH is 2. The van der Waals surface area contributed by atoms with Crippen molar-refractivity contribution in [3.63, 3.8) is 0 Å². The van der Waals surface area contributed by atoms with Crippen LogP contribution in [0.25, 0.3) is 6.08 Å². The predicted octanol–water partition coefficient (Wildman–Crippen LogP) is 5.58. The van der Waals surface area contributed by atoms with Crippen LogP contribution in [0.3, 0.4) is 0 Å². The zero-order valence-electron chi connectivity index (χ0n) is 30.0. The minimum absolute atomic E-state index is 0.0544. The molecule has 3 aromatic rings. The number of aliphatic hydroxyl groups is 2. The number of fused-ring (bicyclic) bond motifs is 1. The lowest BCUT2D eigenvalue weighted by atomic mass is 9.68. The number of imide groups is 3. The first-order chi connectivity index (χ1) is 24.4. The number of hydrogen-bond acceptors (Lipinski definition) is 8. The average Bonchev–Trinajstić information content (AvgIpc) is 3.37. The van der Waals surface area contributed by atoms with Gasteiger partial charge in [0, 0.05) is 5.92 Å². The Balaban J connectivity index is 1.59. The number of hydrogen-bond donors (Lipinski definition) is 3. The Morgan fingerprint density at radius 2 is 1.61 bits per heavy atom. The van der Waals surface area contributed by atoms with Crippen LogP contribution in [0.1, 0.15) is 58.9 Å². The molecular weight excluding hydrogens is 663 g/mol. The first-order valence-corrected chi connectivity index (χ1v) is 19.5. The van der Waals surface area contributed by atoms with E-state index in [0.29, 0.717) is 28.9 Å². The number of rotatable bonds is 12. The van der Waals surface area contributed by atoms with Gasteiger partial charge in [0.05, 0.1) is 38.3 Å². The second kappa shape index (κ2) is 15.9.